The van der Waals surface area contributed by atoms with E-state index in [1.165, 1.54) is 0 Å². The molecule has 1 N–H and O–H groups in total. The maximum Gasteiger partial charge on any atom is 0.229 e. The molecule has 0 aliphatic carbocycles. The highest BCUT2D eigenvalue weighted by atomic mass is 16.5. The number of hydrogen-bond acceptors (Lipinski definition) is 4. The molecular weight excluding hydrogens is 242 g/mol. The van der Waals surface area contributed by atoms with Gasteiger partial charge in [-0.3, -0.25) is 4.79 Å². The summed E-state index contributed by atoms with van der Waals surface area (Å²) in [5.41, 5.74) is 0. The van der Waals surface area contributed by atoms with Crippen molar-refractivity contribution in [3.63, 3.8) is 0 Å². The van der Waals surface area contributed by atoms with E-state index in [0.29, 0.717) is 26.2 Å². The van der Waals surface area contributed by atoms with Crippen molar-refractivity contribution in [3.05, 3.63) is 0 Å². The molecule has 0 aromatic carbocycles. The lowest BCUT2D eigenvalue weighted by Crippen LogP contribution is -2.48. The smallest absolute Gasteiger partial charge is 0.229 e. The molecule has 19 heavy (non-hydrogen) atoms. The zero-order valence-electron chi connectivity index (χ0n) is 12.2. The number of carbonyl (C=O) groups excluding carboxylic acids is 1. The third-order valence-corrected chi connectivity index (χ3v) is 3.43. The van der Waals surface area contributed by atoms with Gasteiger partial charge in [0.1, 0.15) is 0 Å². The Bertz CT molecular complexity index is 325. The first kappa shape index (κ1) is 15.9. The summed E-state index contributed by atoms with van der Waals surface area (Å²) < 4.78 is 5.45. The summed E-state index contributed by atoms with van der Waals surface area (Å²) in [6.07, 6.45) is 1.42. The van der Waals surface area contributed by atoms with E-state index < -0.39 is 0 Å². The number of rotatable bonds is 7. The van der Waals surface area contributed by atoms with Crippen molar-refractivity contribution in [3.8, 4) is 6.07 Å². The molecule has 1 amide bonds. The molecule has 0 aromatic heterocycles. The topological polar surface area (TPSA) is 65.4 Å². The molecule has 1 heterocycles. The van der Waals surface area contributed by atoms with Gasteiger partial charge in [-0.1, -0.05) is 6.92 Å². The van der Waals surface area contributed by atoms with Crippen LogP contribution in [0.4, 0.5) is 0 Å². The average molecular weight is 267 g/mol. The molecule has 0 spiro atoms. The van der Waals surface area contributed by atoms with Crippen LogP contribution in [0.2, 0.25) is 0 Å². The molecule has 1 rings (SSSR count). The van der Waals surface area contributed by atoms with Gasteiger partial charge >= 0.3 is 0 Å². The Labute approximate surface area is 115 Å². The van der Waals surface area contributed by atoms with Gasteiger partial charge in [-0.2, -0.15) is 5.26 Å². The van der Waals surface area contributed by atoms with Crippen LogP contribution in [0.1, 0.15) is 33.6 Å². The van der Waals surface area contributed by atoms with E-state index >= 15 is 0 Å². The molecular formula is C14H25N3O2. The van der Waals surface area contributed by atoms with Crippen molar-refractivity contribution in [2.24, 2.45) is 5.92 Å². The number of amides is 1. The van der Waals surface area contributed by atoms with Crippen molar-refractivity contribution in [1.29, 1.82) is 5.26 Å². The van der Waals surface area contributed by atoms with E-state index in [2.05, 4.69) is 18.3 Å². The summed E-state index contributed by atoms with van der Waals surface area (Å²) in [5, 5.41) is 12.1. The average Bonchev–Trinajstić information content (AvgIpc) is 2.84. The van der Waals surface area contributed by atoms with Crippen molar-refractivity contribution >= 4 is 5.91 Å². The minimum Gasteiger partial charge on any atom is -0.379 e. The molecule has 5 heteroatoms. The van der Waals surface area contributed by atoms with E-state index in [9.17, 15) is 4.79 Å². The van der Waals surface area contributed by atoms with Crippen LogP contribution >= 0.6 is 0 Å². The normalized spacial score (nSPS) is 22.5. The molecule has 1 fully saturated rings. The number of nitrogens with zero attached hydrogens (tertiary/aromatic N) is 2. The van der Waals surface area contributed by atoms with Crippen LogP contribution in [-0.2, 0) is 9.53 Å². The van der Waals surface area contributed by atoms with E-state index in [1.807, 2.05) is 13.8 Å². The summed E-state index contributed by atoms with van der Waals surface area (Å²) in [6, 6.07) is 2.33. The van der Waals surface area contributed by atoms with Gasteiger partial charge in [-0.25, -0.2) is 0 Å². The lowest BCUT2D eigenvalue weighted by Gasteiger charge is -2.30. The van der Waals surface area contributed by atoms with Gasteiger partial charge in [0.25, 0.3) is 0 Å². The van der Waals surface area contributed by atoms with Crippen LogP contribution in [0.3, 0.4) is 0 Å². The Morgan fingerprint density at radius 3 is 2.84 bits per heavy atom. The molecule has 2 atom stereocenters. The minimum absolute atomic E-state index is 0.107. The van der Waals surface area contributed by atoms with Crippen molar-refractivity contribution in [2.75, 3.05) is 26.3 Å². The van der Waals surface area contributed by atoms with Gasteiger partial charge < -0.3 is 15.0 Å². The quantitative estimate of drug-likeness (QED) is 0.751. The third-order valence-electron chi connectivity index (χ3n) is 3.43. The summed E-state index contributed by atoms with van der Waals surface area (Å²) in [5.74, 6) is -0.0102. The van der Waals surface area contributed by atoms with Gasteiger partial charge in [0.05, 0.1) is 31.6 Å². The summed E-state index contributed by atoms with van der Waals surface area (Å²) in [7, 11) is 0. The number of ether oxygens (including phenoxy) is 1. The Morgan fingerprint density at radius 1 is 1.53 bits per heavy atom. The maximum atomic E-state index is 12.6. The van der Waals surface area contributed by atoms with E-state index in [4.69, 9.17) is 10.00 Å². The SMILES string of the molecule is CCCNC1COCC1C(=O)N(CCC#N)C(C)C. The number of carbonyl (C=O) groups is 1. The zero-order chi connectivity index (χ0) is 14.3. The number of nitrogens with one attached hydrogen (secondary N) is 1. The van der Waals surface area contributed by atoms with Crippen LogP contribution in [0.15, 0.2) is 0 Å². The van der Waals surface area contributed by atoms with Crippen molar-refractivity contribution in [2.45, 2.75) is 45.7 Å². The Kier molecular flexibility index (Phi) is 6.82. The summed E-state index contributed by atoms with van der Waals surface area (Å²) in [6.45, 7) is 8.56. The van der Waals surface area contributed by atoms with Gasteiger partial charge in [-0.05, 0) is 26.8 Å². The molecule has 0 aromatic rings. The fourth-order valence-corrected chi connectivity index (χ4v) is 2.33. The van der Waals surface area contributed by atoms with Crippen molar-refractivity contribution in [1.82, 2.24) is 10.2 Å². The molecule has 1 aliphatic heterocycles. The molecule has 0 radical (unpaired) electrons. The molecule has 1 aliphatic rings. The Morgan fingerprint density at radius 2 is 2.26 bits per heavy atom. The molecule has 0 bridgehead atoms. The van der Waals surface area contributed by atoms with Gasteiger partial charge in [0.15, 0.2) is 0 Å². The van der Waals surface area contributed by atoms with Gasteiger partial charge in [-0.15, -0.1) is 0 Å². The summed E-state index contributed by atoms with van der Waals surface area (Å²) in [4.78, 5) is 14.4. The Balaban J connectivity index is 2.64. The largest absolute Gasteiger partial charge is 0.379 e. The molecule has 5 nitrogen and oxygen atoms in total. The van der Waals surface area contributed by atoms with Crippen LogP contribution in [0, 0.1) is 17.2 Å². The number of hydrogen-bond donors (Lipinski definition) is 1. The highest BCUT2D eigenvalue weighted by Gasteiger charge is 2.36. The third kappa shape index (κ3) is 4.48. The lowest BCUT2D eigenvalue weighted by atomic mass is 10.0. The van der Waals surface area contributed by atoms with Crippen LogP contribution in [0.5, 0.6) is 0 Å². The zero-order valence-corrected chi connectivity index (χ0v) is 12.2. The van der Waals surface area contributed by atoms with Gasteiger partial charge in [0, 0.05) is 18.6 Å². The highest BCUT2D eigenvalue weighted by Crippen LogP contribution is 2.18. The second kappa shape index (κ2) is 8.13. The second-order valence-electron chi connectivity index (χ2n) is 5.24. The lowest BCUT2D eigenvalue weighted by molar-refractivity contribution is -0.137. The van der Waals surface area contributed by atoms with E-state index in [-0.39, 0.29) is 23.9 Å². The number of nitriles is 1. The fourth-order valence-electron chi connectivity index (χ4n) is 2.33. The maximum absolute atomic E-state index is 12.6. The minimum atomic E-state index is -0.118. The van der Waals surface area contributed by atoms with Crippen LogP contribution in [-0.4, -0.2) is 49.2 Å². The van der Waals surface area contributed by atoms with Crippen LogP contribution < -0.4 is 5.32 Å². The fraction of sp³-hybridized carbons (Fsp3) is 0.857. The Hall–Kier alpha value is -1.12. The predicted octanol–water partition coefficient (Wildman–Crippen LogP) is 1.15. The molecule has 1 saturated heterocycles. The summed E-state index contributed by atoms with van der Waals surface area (Å²) >= 11 is 0. The molecule has 0 saturated carbocycles. The van der Waals surface area contributed by atoms with E-state index in [1.54, 1.807) is 4.90 Å². The molecule has 2 unspecified atom stereocenters. The van der Waals surface area contributed by atoms with Crippen LogP contribution in [0.25, 0.3) is 0 Å². The monoisotopic (exact) mass is 267 g/mol. The first-order valence-electron chi connectivity index (χ1n) is 7.10. The van der Waals surface area contributed by atoms with Crippen molar-refractivity contribution < 1.29 is 9.53 Å². The second-order valence-corrected chi connectivity index (χ2v) is 5.24. The first-order valence-corrected chi connectivity index (χ1v) is 7.10. The highest BCUT2D eigenvalue weighted by molar-refractivity contribution is 5.80. The first-order chi connectivity index (χ1) is 9.11. The standard InChI is InChI=1S/C14H25N3O2/c1-4-7-16-13-10-19-9-12(13)14(18)17(11(2)3)8-5-6-15/h11-13,16H,4-5,7-10H2,1-3H3. The predicted molar refractivity (Wildman–Crippen MR) is 73.5 cm³/mol. The van der Waals surface area contributed by atoms with E-state index in [0.717, 1.165) is 13.0 Å². The van der Waals surface area contributed by atoms with Gasteiger partial charge in [0.2, 0.25) is 5.91 Å². The molecule has 108 valence electrons.